The van der Waals surface area contributed by atoms with E-state index in [1.54, 1.807) is 24.1 Å². The van der Waals surface area contributed by atoms with Crippen LogP contribution in [0.5, 0.6) is 0 Å². The first kappa shape index (κ1) is 20.6. The number of ether oxygens (including phenoxy) is 2. The second-order valence-electron chi connectivity index (χ2n) is 7.73. The summed E-state index contributed by atoms with van der Waals surface area (Å²) in [5.74, 6) is 0.241. The number of carbonyl (C=O) groups is 2. The lowest BCUT2D eigenvalue weighted by atomic mass is 10.0. The van der Waals surface area contributed by atoms with Gasteiger partial charge in [-0.15, -0.1) is 5.10 Å². The van der Waals surface area contributed by atoms with Gasteiger partial charge in [0.1, 0.15) is 11.9 Å². The second kappa shape index (κ2) is 8.52. The Morgan fingerprint density at radius 1 is 1.28 bits per heavy atom. The van der Waals surface area contributed by atoms with E-state index >= 15 is 0 Å². The highest BCUT2D eigenvalue weighted by molar-refractivity contribution is 5.94. The van der Waals surface area contributed by atoms with Gasteiger partial charge in [-0.2, -0.15) is 4.68 Å². The minimum atomic E-state index is -0.563. The van der Waals surface area contributed by atoms with Crippen LogP contribution in [0.4, 0.5) is 4.79 Å². The zero-order valence-electron chi connectivity index (χ0n) is 16.9. The van der Waals surface area contributed by atoms with Gasteiger partial charge in [0, 0.05) is 19.9 Å². The zero-order valence-corrected chi connectivity index (χ0v) is 16.9. The number of pyridine rings is 1. The van der Waals surface area contributed by atoms with E-state index in [0.29, 0.717) is 30.9 Å². The molecule has 3 heterocycles. The van der Waals surface area contributed by atoms with Crippen LogP contribution in [0.2, 0.25) is 0 Å². The van der Waals surface area contributed by atoms with Crippen molar-refractivity contribution in [3.8, 4) is 5.82 Å². The third-order valence-corrected chi connectivity index (χ3v) is 4.42. The molecule has 11 nitrogen and oxygen atoms in total. The third-order valence-electron chi connectivity index (χ3n) is 4.42. The fourth-order valence-electron chi connectivity index (χ4n) is 2.99. The normalized spacial score (nSPS) is 19.7. The van der Waals surface area contributed by atoms with Crippen LogP contribution < -0.4 is 5.32 Å². The van der Waals surface area contributed by atoms with Crippen LogP contribution in [-0.4, -0.2) is 80.0 Å². The average Bonchev–Trinajstić information content (AvgIpc) is 3.21. The van der Waals surface area contributed by atoms with Crippen molar-refractivity contribution in [2.45, 2.75) is 44.9 Å². The molecule has 29 heavy (non-hydrogen) atoms. The monoisotopic (exact) mass is 403 g/mol. The van der Waals surface area contributed by atoms with Crippen molar-refractivity contribution in [2.24, 2.45) is 0 Å². The Morgan fingerprint density at radius 3 is 2.66 bits per heavy atom. The van der Waals surface area contributed by atoms with E-state index in [-0.39, 0.29) is 24.1 Å². The molecule has 1 aliphatic heterocycles. The molecule has 156 valence electrons. The number of methoxy groups -OCH3 is 1. The Kier molecular flexibility index (Phi) is 6.06. The van der Waals surface area contributed by atoms with E-state index in [1.165, 1.54) is 17.2 Å². The van der Waals surface area contributed by atoms with Crippen molar-refractivity contribution < 1.29 is 19.1 Å². The quantitative estimate of drug-likeness (QED) is 0.795. The summed E-state index contributed by atoms with van der Waals surface area (Å²) in [6.07, 6.45) is 2.72. The first-order chi connectivity index (χ1) is 13.8. The molecule has 0 radical (unpaired) electrons. The van der Waals surface area contributed by atoms with Gasteiger partial charge < -0.3 is 19.7 Å². The largest absolute Gasteiger partial charge is 0.444 e. The molecule has 2 atom stereocenters. The van der Waals surface area contributed by atoms with Crippen LogP contribution in [0, 0.1) is 0 Å². The first-order valence-electron chi connectivity index (χ1n) is 9.28. The Bertz CT molecular complexity index is 833. The van der Waals surface area contributed by atoms with Gasteiger partial charge in [-0.1, -0.05) is 0 Å². The molecule has 0 bridgehead atoms. The highest BCUT2D eigenvalue weighted by atomic mass is 16.6. The number of nitrogens with zero attached hydrogens (tertiary/aromatic N) is 6. The van der Waals surface area contributed by atoms with Gasteiger partial charge in [0.25, 0.3) is 5.91 Å². The zero-order chi connectivity index (χ0) is 21.0. The van der Waals surface area contributed by atoms with Crippen LogP contribution in [0.3, 0.4) is 0 Å². The predicted octanol–water partition coefficient (Wildman–Crippen LogP) is 0.812. The summed E-state index contributed by atoms with van der Waals surface area (Å²) < 4.78 is 12.3. The molecule has 2 amide bonds. The summed E-state index contributed by atoms with van der Waals surface area (Å²) >= 11 is 0. The Morgan fingerprint density at radius 2 is 2.07 bits per heavy atom. The van der Waals surface area contributed by atoms with Gasteiger partial charge in [0.2, 0.25) is 0 Å². The van der Waals surface area contributed by atoms with E-state index in [0.717, 1.165) is 0 Å². The van der Waals surface area contributed by atoms with Gasteiger partial charge in [0.05, 0.1) is 24.3 Å². The number of aromatic nitrogens is 5. The number of tetrazole rings is 1. The van der Waals surface area contributed by atoms with Gasteiger partial charge in [-0.05, 0) is 49.8 Å². The molecule has 2 aromatic rings. The molecule has 3 rings (SSSR count). The summed E-state index contributed by atoms with van der Waals surface area (Å²) in [4.78, 5) is 30.7. The minimum Gasteiger partial charge on any atom is -0.444 e. The molecule has 1 aliphatic rings. The van der Waals surface area contributed by atoms with E-state index in [9.17, 15) is 9.59 Å². The number of likely N-dealkylation sites (tertiary alicyclic amines) is 1. The molecule has 1 fully saturated rings. The van der Waals surface area contributed by atoms with Gasteiger partial charge in [0.15, 0.2) is 5.82 Å². The van der Waals surface area contributed by atoms with Crippen molar-refractivity contribution in [2.75, 3.05) is 20.2 Å². The van der Waals surface area contributed by atoms with E-state index in [4.69, 9.17) is 9.47 Å². The summed E-state index contributed by atoms with van der Waals surface area (Å²) in [5.41, 5.74) is -0.155. The number of hydrogen-bond donors (Lipinski definition) is 1. The van der Waals surface area contributed by atoms with Crippen molar-refractivity contribution in [1.29, 1.82) is 0 Å². The summed E-state index contributed by atoms with van der Waals surface area (Å²) in [6, 6.07) is 3.08. The minimum absolute atomic E-state index is 0.231. The smallest absolute Gasteiger partial charge is 0.410 e. The molecule has 0 aliphatic carbocycles. The van der Waals surface area contributed by atoms with Crippen molar-refractivity contribution in [3.63, 3.8) is 0 Å². The lowest BCUT2D eigenvalue weighted by Crippen LogP contribution is -2.56. The van der Waals surface area contributed by atoms with Crippen LogP contribution in [-0.2, 0) is 9.47 Å². The maximum absolute atomic E-state index is 12.6. The lowest BCUT2D eigenvalue weighted by molar-refractivity contribution is -0.0172. The molecule has 0 spiro atoms. The number of amides is 2. The predicted molar refractivity (Wildman–Crippen MR) is 101 cm³/mol. The van der Waals surface area contributed by atoms with Crippen molar-refractivity contribution >= 4 is 12.0 Å². The molecule has 0 aromatic carbocycles. The maximum Gasteiger partial charge on any atom is 0.410 e. The standard InChI is InChI=1S/C18H25N7O4/c1-18(2,3)29-17(27)24-8-7-13(14(10-24)28-4)21-16(26)12-5-6-15(19-9-12)25-11-20-22-23-25/h5-6,9,11,13-14H,7-8,10H2,1-4H3,(H,21,26). The highest BCUT2D eigenvalue weighted by Crippen LogP contribution is 2.18. The molecule has 2 aromatic heterocycles. The highest BCUT2D eigenvalue weighted by Gasteiger charge is 2.34. The van der Waals surface area contributed by atoms with Crippen molar-refractivity contribution in [3.05, 3.63) is 30.2 Å². The molecule has 1 saturated heterocycles. The third kappa shape index (κ3) is 5.25. The van der Waals surface area contributed by atoms with Crippen molar-refractivity contribution in [1.82, 2.24) is 35.4 Å². The maximum atomic E-state index is 12.6. The number of rotatable bonds is 4. The molecular formula is C18H25N7O4. The van der Waals surface area contributed by atoms with Crippen LogP contribution in [0.1, 0.15) is 37.6 Å². The fourth-order valence-corrected chi connectivity index (χ4v) is 2.99. The molecule has 0 saturated carbocycles. The first-order valence-corrected chi connectivity index (χ1v) is 9.28. The molecular weight excluding hydrogens is 378 g/mol. The van der Waals surface area contributed by atoms with Gasteiger partial charge in [-0.25, -0.2) is 9.78 Å². The molecule has 2 unspecified atom stereocenters. The lowest BCUT2D eigenvalue weighted by Gasteiger charge is -2.38. The summed E-state index contributed by atoms with van der Waals surface area (Å²) in [6.45, 7) is 6.28. The topological polar surface area (TPSA) is 124 Å². The Labute approximate surface area is 168 Å². The van der Waals surface area contributed by atoms with Crippen LogP contribution >= 0.6 is 0 Å². The van der Waals surface area contributed by atoms with E-state index in [1.807, 2.05) is 20.8 Å². The molecule has 11 heteroatoms. The SMILES string of the molecule is COC1CN(C(=O)OC(C)(C)C)CCC1NC(=O)c1ccc(-n2cnnn2)nc1. The second-order valence-corrected chi connectivity index (χ2v) is 7.73. The summed E-state index contributed by atoms with van der Waals surface area (Å²) in [7, 11) is 1.56. The van der Waals surface area contributed by atoms with Gasteiger partial charge >= 0.3 is 6.09 Å². The number of nitrogens with one attached hydrogen (secondary N) is 1. The fraction of sp³-hybridized carbons (Fsp3) is 0.556. The summed E-state index contributed by atoms with van der Waals surface area (Å²) in [5, 5.41) is 13.8. The number of piperidine rings is 1. The number of carbonyl (C=O) groups excluding carboxylic acids is 2. The Balaban J connectivity index is 1.59. The average molecular weight is 403 g/mol. The van der Waals surface area contributed by atoms with E-state index < -0.39 is 5.60 Å². The van der Waals surface area contributed by atoms with Crippen LogP contribution in [0.25, 0.3) is 5.82 Å². The Hall–Kier alpha value is -3.08. The van der Waals surface area contributed by atoms with E-state index in [2.05, 4.69) is 25.8 Å². The molecule has 1 N–H and O–H groups in total. The number of hydrogen-bond acceptors (Lipinski definition) is 8. The van der Waals surface area contributed by atoms with Gasteiger partial charge in [-0.3, -0.25) is 4.79 Å². The van der Waals surface area contributed by atoms with Crippen LogP contribution in [0.15, 0.2) is 24.7 Å².